The Kier molecular flexibility index (Phi) is 6.04. The number of thiophene rings is 1. The number of benzene rings is 2. The molecular weight excluding hydrogens is 415 g/mol. The fourth-order valence-corrected chi connectivity index (χ4v) is 4.70. The van der Waals surface area contributed by atoms with Gasteiger partial charge >= 0.3 is 0 Å². The summed E-state index contributed by atoms with van der Waals surface area (Å²) < 4.78 is 19.0. The summed E-state index contributed by atoms with van der Waals surface area (Å²) in [5, 5.41) is 2.02. The molecule has 1 atom stereocenters. The Morgan fingerprint density at radius 3 is 2.71 bits per heavy atom. The molecule has 3 aromatic rings. The predicted molar refractivity (Wildman–Crippen MR) is 118 cm³/mol. The summed E-state index contributed by atoms with van der Waals surface area (Å²) in [6.07, 6.45) is 0.941. The van der Waals surface area contributed by atoms with E-state index in [-0.39, 0.29) is 24.8 Å². The molecule has 1 fully saturated rings. The molecule has 31 heavy (non-hydrogen) atoms. The number of nitrogens with two attached hydrogens (primary N) is 1. The minimum Gasteiger partial charge on any atom is -0.481 e. The van der Waals surface area contributed by atoms with Gasteiger partial charge in [0, 0.05) is 18.0 Å². The van der Waals surface area contributed by atoms with Gasteiger partial charge in [0.25, 0.3) is 5.91 Å². The number of amides is 2. The average molecular weight is 439 g/mol. The third-order valence-electron chi connectivity index (χ3n) is 5.69. The van der Waals surface area contributed by atoms with Crippen molar-refractivity contribution in [2.45, 2.75) is 12.8 Å². The molecule has 2 amide bonds. The molecule has 2 aromatic carbocycles. The molecule has 0 saturated carbocycles. The molecular formula is C24H23FN2O3S. The van der Waals surface area contributed by atoms with Crippen LogP contribution in [0.2, 0.25) is 0 Å². The lowest BCUT2D eigenvalue weighted by atomic mass is 9.80. The second-order valence-electron chi connectivity index (χ2n) is 7.78. The van der Waals surface area contributed by atoms with E-state index >= 15 is 0 Å². The summed E-state index contributed by atoms with van der Waals surface area (Å²) in [7, 11) is 0. The zero-order chi connectivity index (χ0) is 21.8. The lowest BCUT2D eigenvalue weighted by Crippen LogP contribution is -2.43. The lowest BCUT2D eigenvalue weighted by Gasteiger charge is -2.26. The maximum atomic E-state index is 13.7. The highest BCUT2D eigenvalue weighted by molar-refractivity contribution is 7.13. The Morgan fingerprint density at radius 1 is 1.13 bits per heavy atom. The summed E-state index contributed by atoms with van der Waals surface area (Å²) in [5.74, 6) is -1.20. The summed E-state index contributed by atoms with van der Waals surface area (Å²) in [4.78, 5) is 27.8. The molecule has 2 heterocycles. The smallest absolute Gasteiger partial charge is 0.260 e. The highest BCUT2D eigenvalue weighted by Gasteiger charge is 2.44. The second kappa shape index (κ2) is 8.89. The number of hydrogen-bond acceptors (Lipinski definition) is 4. The number of para-hydroxylation sites is 1. The molecule has 1 aromatic heterocycles. The molecule has 160 valence electrons. The lowest BCUT2D eigenvalue weighted by molar-refractivity contribution is -0.133. The first-order valence-corrected chi connectivity index (χ1v) is 10.9. The topological polar surface area (TPSA) is 72.6 Å². The first kappa shape index (κ1) is 21.1. The monoisotopic (exact) mass is 438 g/mol. The highest BCUT2D eigenvalue weighted by Crippen LogP contribution is 2.35. The molecule has 1 unspecified atom stereocenters. The van der Waals surface area contributed by atoms with Gasteiger partial charge < -0.3 is 15.4 Å². The largest absolute Gasteiger partial charge is 0.481 e. The first-order chi connectivity index (χ1) is 15.0. The molecule has 5 nitrogen and oxygen atoms in total. The minimum atomic E-state index is -0.832. The van der Waals surface area contributed by atoms with Crippen LogP contribution < -0.4 is 10.5 Å². The Labute approximate surface area is 184 Å². The number of carbonyl (C=O) groups is 2. The zero-order valence-electron chi connectivity index (χ0n) is 16.9. The van der Waals surface area contributed by atoms with Gasteiger partial charge in [-0.15, -0.1) is 11.3 Å². The minimum absolute atomic E-state index is 0.0293. The Hall–Kier alpha value is -3.19. The number of halogens is 1. The Balaban J connectivity index is 1.44. The van der Waals surface area contributed by atoms with Gasteiger partial charge in [-0.25, -0.2) is 4.39 Å². The van der Waals surface area contributed by atoms with E-state index in [0.717, 1.165) is 16.0 Å². The van der Waals surface area contributed by atoms with Crippen molar-refractivity contribution < 1.29 is 18.7 Å². The van der Waals surface area contributed by atoms with Gasteiger partial charge in [0.15, 0.2) is 18.2 Å². The molecule has 0 bridgehead atoms. The van der Waals surface area contributed by atoms with E-state index in [1.807, 2.05) is 29.6 Å². The van der Waals surface area contributed by atoms with E-state index in [9.17, 15) is 14.0 Å². The Bertz CT molecular complexity index is 1090. The van der Waals surface area contributed by atoms with Crippen LogP contribution in [-0.4, -0.2) is 36.4 Å². The maximum absolute atomic E-state index is 13.7. The highest BCUT2D eigenvalue weighted by atomic mass is 32.1. The van der Waals surface area contributed by atoms with Crippen molar-refractivity contribution in [2.75, 3.05) is 19.7 Å². The number of hydrogen-bond donors (Lipinski definition) is 1. The van der Waals surface area contributed by atoms with Crippen LogP contribution in [0.1, 0.15) is 12.0 Å². The predicted octanol–water partition coefficient (Wildman–Crippen LogP) is 3.88. The average Bonchev–Trinajstić information content (AvgIpc) is 3.44. The van der Waals surface area contributed by atoms with Gasteiger partial charge in [-0.2, -0.15) is 0 Å². The van der Waals surface area contributed by atoms with Gasteiger partial charge in [-0.1, -0.05) is 42.5 Å². The third kappa shape index (κ3) is 4.61. The number of ether oxygens (including phenoxy) is 1. The first-order valence-electron chi connectivity index (χ1n) is 10.0. The molecule has 7 heteroatoms. The number of likely N-dealkylation sites (tertiary alicyclic amines) is 1. The number of nitrogens with zero attached hydrogens (tertiary/aromatic N) is 1. The molecule has 0 radical (unpaired) electrons. The van der Waals surface area contributed by atoms with Crippen molar-refractivity contribution in [1.82, 2.24) is 4.90 Å². The van der Waals surface area contributed by atoms with Gasteiger partial charge in [0.05, 0.1) is 5.41 Å². The van der Waals surface area contributed by atoms with Crippen molar-refractivity contribution in [3.63, 3.8) is 0 Å². The van der Waals surface area contributed by atoms with E-state index in [2.05, 4.69) is 12.1 Å². The number of rotatable bonds is 7. The van der Waals surface area contributed by atoms with Gasteiger partial charge in [0.1, 0.15) is 0 Å². The van der Waals surface area contributed by atoms with Crippen LogP contribution in [0, 0.1) is 11.2 Å². The van der Waals surface area contributed by atoms with Crippen LogP contribution in [0.4, 0.5) is 4.39 Å². The van der Waals surface area contributed by atoms with Gasteiger partial charge in [-0.05, 0) is 47.5 Å². The van der Waals surface area contributed by atoms with E-state index in [1.165, 1.54) is 12.1 Å². The van der Waals surface area contributed by atoms with Crippen LogP contribution in [0.25, 0.3) is 10.4 Å². The number of primary amides is 1. The molecule has 1 aliphatic heterocycles. The fourth-order valence-electron chi connectivity index (χ4n) is 3.98. The van der Waals surface area contributed by atoms with Crippen LogP contribution in [0.5, 0.6) is 5.75 Å². The summed E-state index contributed by atoms with van der Waals surface area (Å²) in [6.45, 7) is 0.349. The molecule has 1 saturated heterocycles. The summed E-state index contributed by atoms with van der Waals surface area (Å²) in [5.41, 5.74) is 7.07. The maximum Gasteiger partial charge on any atom is 0.260 e. The normalized spacial score (nSPS) is 18.2. The van der Waals surface area contributed by atoms with Crippen molar-refractivity contribution >= 4 is 23.2 Å². The molecule has 1 aliphatic rings. The van der Waals surface area contributed by atoms with Crippen molar-refractivity contribution in [3.05, 3.63) is 77.4 Å². The van der Waals surface area contributed by atoms with Crippen LogP contribution in [0.3, 0.4) is 0 Å². The van der Waals surface area contributed by atoms with Crippen molar-refractivity contribution in [1.29, 1.82) is 0 Å². The van der Waals surface area contributed by atoms with Crippen LogP contribution in [-0.2, 0) is 16.0 Å². The van der Waals surface area contributed by atoms with Crippen molar-refractivity contribution in [3.8, 4) is 16.2 Å². The van der Waals surface area contributed by atoms with Gasteiger partial charge in [0.2, 0.25) is 5.91 Å². The Morgan fingerprint density at radius 2 is 1.97 bits per heavy atom. The van der Waals surface area contributed by atoms with E-state index < -0.39 is 17.1 Å². The SMILES string of the molecule is NC(=O)C1(Cc2cccc(-c3cccs3)c2)CCN(C(=O)COc2ccccc2F)C1. The van der Waals surface area contributed by atoms with Gasteiger partial charge in [-0.3, -0.25) is 9.59 Å². The standard InChI is InChI=1S/C24H23FN2O3S/c25-19-7-1-2-8-20(19)30-15-22(28)27-11-10-24(16-27,23(26)29)14-17-5-3-6-18(13-17)21-9-4-12-31-21/h1-9,12-13H,10-11,14-16H2,(H2,26,29). The second-order valence-corrected chi connectivity index (χ2v) is 8.73. The van der Waals surface area contributed by atoms with Crippen LogP contribution in [0.15, 0.2) is 66.0 Å². The van der Waals surface area contributed by atoms with Crippen molar-refractivity contribution in [2.24, 2.45) is 11.1 Å². The number of carbonyl (C=O) groups excluding carboxylic acids is 2. The molecule has 2 N–H and O–H groups in total. The summed E-state index contributed by atoms with van der Waals surface area (Å²) in [6, 6.07) is 18.1. The molecule has 0 aliphatic carbocycles. The molecule has 4 rings (SSSR count). The third-order valence-corrected chi connectivity index (χ3v) is 6.61. The van der Waals surface area contributed by atoms with E-state index in [1.54, 1.807) is 28.4 Å². The van der Waals surface area contributed by atoms with Crippen LogP contribution >= 0.6 is 11.3 Å². The zero-order valence-corrected chi connectivity index (χ0v) is 17.7. The van der Waals surface area contributed by atoms with E-state index in [4.69, 9.17) is 10.5 Å². The molecule has 0 spiro atoms. The quantitative estimate of drug-likeness (QED) is 0.609. The fraction of sp³-hybridized carbons (Fsp3) is 0.250. The van der Waals surface area contributed by atoms with E-state index in [0.29, 0.717) is 19.4 Å². The summed E-state index contributed by atoms with van der Waals surface area (Å²) >= 11 is 1.66.